The van der Waals surface area contributed by atoms with Gasteiger partial charge in [0.25, 0.3) is 0 Å². The van der Waals surface area contributed by atoms with Gasteiger partial charge in [-0.15, -0.1) is 0 Å². The number of nitrogens with zero attached hydrogens (tertiary/aromatic N) is 1. The highest BCUT2D eigenvalue weighted by Crippen LogP contribution is 2.27. The average Bonchev–Trinajstić information content (AvgIpc) is 2.92. The summed E-state index contributed by atoms with van der Waals surface area (Å²) in [6.07, 6.45) is 8.29. The number of anilines is 1. The fourth-order valence-corrected chi connectivity index (χ4v) is 3.58. The van der Waals surface area contributed by atoms with Crippen molar-refractivity contribution in [3.63, 3.8) is 0 Å². The minimum atomic E-state index is 0.934. The first-order chi connectivity index (χ1) is 9.33. The molecule has 0 bridgehead atoms. The van der Waals surface area contributed by atoms with Crippen LogP contribution in [0.3, 0.4) is 0 Å². The Morgan fingerprint density at radius 1 is 1.21 bits per heavy atom. The predicted octanol–water partition coefficient (Wildman–Crippen LogP) is 3.35. The lowest BCUT2D eigenvalue weighted by Crippen LogP contribution is -2.25. The van der Waals surface area contributed by atoms with Crippen molar-refractivity contribution in [1.29, 1.82) is 0 Å². The molecule has 0 saturated heterocycles. The van der Waals surface area contributed by atoms with E-state index in [-0.39, 0.29) is 0 Å². The molecule has 1 aliphatic heterocycles. The molecule has 104 valence electrons. The van der Waals surface area contributed by atoms with Crippen LogP contribution in [-0.2, 0) is 13.0 Å². The number of fused-ring (bicyclic) bond motifs is 1. The van der Waals surface area contributed by atoms with Gasteiger partial charge in [-0.25, -0.2) is 0 Å². The second-order valence-corrected chi connectivity index (χ2v) is 6.27. The maximum atomic E-state index is 3.65. The fourth-order valence-electron chi connectivity index (χ4n) is 3.58. The molecule has 1 fully saturated rings. The standard InChI is InChI=1S/C17H26N2/c1-19-10-4-7-16-11-15(8-9-17(16)19)13-18-12-14-5-2-3-6-14/h8-9,11,14,18H,2-7,10,12-13H2,1H3. The second-order valence-electron chi connectivity index (χ2n) is 6.27. The molecular formula is C17H26N2. The van der Waals surface area contributed by atoms with Crippen molar-refractivity contribution in [1.82, 2.24) is 5.32 Å². The molecule has 0 radical (unpaired) electrons. The zero-order valence-electron chi connectivity index (χ0n) is 12.1. The Kier molecular flexibility index (Phi) is 4.07. The Labute approximate surface area is 117 Å². The molecule has 1 aromatic carbocycles. The molecule has 0 aromatic heterocycles. The third-order valence-corrected chi connectivity index (χ3v) is 4.73. The first kappa shape index (κ1) is 13.0. The van der Waals surface area contributed by atoms with E-state index < -0.39 is 0 Å². The highest BCUT2D eigenvalue weighted by atomic mass is 15.1. The number of rotatable bonds is 4. The van der Waals surface area contributed by atoms with Crippen LogP contribution in [0.1, 0.15) is 43.2 Å². The topological polar surface area (TPSA) is 15.3 Å². The number of benzene rings is 1. The van der Waals surface area contributed by atoms with Gasteiger partial charge in [0.05, 0.1) is 0 Å². The average molecular weight is 258 g/mol. The van der Waals surface area contributed by atoms with Crippen molar-refractivity contribution in [3.05, 3.63) is 29.3 Å². The molecular weight excluding hydrogens is 232 g/mol. The molecule has 1 aliphatic carbocycles. The Hall–Kier alpha value is -1.02. The van der Waals surface area contributed by atoms with Crippen molar-refractivity contribution in [2.24, 2.45) is 5.92 Å². The van der Waals surface area contributed by atoms with Gasteiger partial charge in [-0.1, -0.05) is 25.0 Å². The van der Waals surface area contributed by atoms with Crippen molar-refractivity contribution < 1.29 is 0 Å². The van der Waals surface area contributed by atoms with Crippen molar-refractivity contribution >= 4 is 5.69 Å². The zero-order valence-corrected chi connectivity index (χ0v) is 12.1. The van der Waals surface area contributed by atoms with Crippen LogP contribution in [0, 0.1) is 5.92 Å². The van der Waals surface area contributed by atoms with Crippen LogP contribution in [-0.4, -0.2) is 20.1 Å². The summed E-state index contributed by atoms with van der Waals surface area (Å²) in [5.74, 6) is 0.934. The first-order valence-electron chi connectivity index (χ1n) is 7.86. The maximum Gasteiger partial charge on any atom is 0.0396 e. The number of hydrogen-bond donors (Lipinski definition) is 1. The van der Waals surface area contributed by atoms with E-state index in [0.717, 1.165) is 12.5 Å². The summed E-state index contributed by atoms with van der Waals surface area (Å²) < 4.78 is 0. The highest BCUT2D eigenvalue weighted by Gasteiger charge is 2.15. The quantitative estimate of drug-likeness (QED) is 0.891. The van der Waals surface area contributed by atoms with E-state index in [4.69, 9.17) is 0 Å². The van der Waals surface area contributed by atoms with Crippen LogP contribution >= 0.6 is 0 Å². The first-order valence-corrected chi connectivity index (χ1v) is 7.86. The maximum absolute atomic E-state index is 3.65. The van der Waals surface area contributed by atoms with Gasteiger partial charge in [-0.3, -0.25) is 0 Å². The van der Waals surface area contributed by atoms with E-state index in [1.165, 1.54) is 68.4 Å². The molecule has 2 nitrogen and oxygen atoms in total. The minimum absolute atomic E-state index is 0.934. The lowest BCUT2D eigenvalue weighted by molar-refractivity contribution is 0.489. The molecule has 0 amide bonds. The summed E-state index contributed by atoms with van der Waals surface area (Å²) in [7, 11) is 2.20. The Bertz CT molecular complexity index is 421. The van der Waals surface area contributed by atoms with Crippen LogP contribution in [0.15, 0.2) is 18.2 Å². The van der Waals surface area contributed by atoms with E-state index >= 15 is 0 Å². The molecule has 3 rings (SSSR count). The van der Waals surface area contributed by atoms with Gasteiger partial charge in [0.15, 0.2) is 0 Å². The Morgan fingerprint density at radius 2 is 2.05 bits per heavy atom. The third kappa shape index (κ3) is 3.11. The molecule has 19 heavy (non-hydrogen) atoms. The number of hydrogen-bond acceptors (Lipinski definition) is 2. The summed E-state index contributed by atoms with van der Waals surface area (Å²) in [5, 5.41) is 3.65. The molecule has 2 heteroatoms. The second kappa shape index (κ2) is 5.96. The summed E-state index contributed by atoms with van der Waals surface area (Å²) in [6.45, 7) is 3.44. The van der Waals surface area contributed by atoms with Gasteiger partial charge in [0.2, 0.25) is 0 Å². The monoisotopic (exact) mass is 258 g/mol. The molecule has 2 aliphatic rings. The van der Waals surface area contributed by atoms with Gasteiger partial charge in [-0.2, -0.15) is 0 Å². The summed E-state index contributed by atoms with van der Waals surface area (Å²) in [5.41, 5.74) is 4.42. The van der Waals surface area contributed by atoms with Gasteiger partial charge in [0.1, 0.15) is 0 Å². The lowest BCUT2D eigenvalue weighted by atomic mass is 9.99. The van der Waals surface area contributed by atoms with Gasteiger partial charge >= 0.3 is 0 Å². The molecule has 1 aromatic rings. The smallest absolute Gasteiger partial charge is 0.0396 e. The van der Waals surface area contributed by atoms with Crippen LogP contribution in [0.25, 0.3) is 0 Å². The van der Waals surface area contributed by atoms with E-state index in [9.17, 15) is 0 Å². The molecule has 1 saturated carbocycles. The van der Waals surface area contributed by atoms with Crippen LogP contribution in [0.2, 0.25) is 0 Å². The molecule has 0 spiro atoms. The van der Waals surface area contributed by atoms with Crippen molar-refractivity contribution in [2.45, 2.75) is 45.1 Å². The minimum Gasteiger partial charge on any atom is -0.374 e. The molecule has 1 heterocycles. The summed E-state index contributed by atoms with van der Waals surface area (Å²) >= 11 is 0. The van der Waals surface area contributed by atoms with Gasteiger partial charge in [-0.05, 0) is 55.3 Å². The van der Waals surface area contributed by atoms with E-state index in [0.29, 0.717) is 0 Å². The largest absolute Gasteiger partial charge is 0.374 e. The number of aryl methyl sites for hydroxylation is 1. The zero-order chi connectivity index (χ0) is 13.1. The molecule has 1 N–H and O–H groups in total. The van der Waals surface area contributed by atoms with Crippen molar-refractivity contribution in [3.8, 4) is 0 Å². The third-order valence-electron chi connectivity index (χ3n) is 4.73. The lowest BCUT2D eigenvalue weighted by Gasteiger charge is -2.28. The van der Waals surface area contributed by atoms with E-state index in [2.05, 4.69) is 35.5 Å². The summed E-state index contributed by atoms with van der Waals surface area (Å²) in [4.78, 5) is 2.38. The normalized spacial score (nSPS) is 19.7. The molecule has 0 unspecified atom stereocenters. The van der Waals surface area contributed by atoms with Gasteiger partial charge in [0, 0.05) is 25.8 Å². The van der Waals surface area contributed by atoms with E-state index in [1.807, 2.05) is 0 Å². The summed E-state index contributed by atoms with van der Waals surface area (Å²) in [6, 6.07) is 7.01. The SMILES string of the molecule is CN1CCCc2cc(CNCC3CCCC3)ccc21. The Balaban J connectivity index is 1.56. The van der Waals surface area contributed by atoms with Crippen LogP contribution < -0.4 is 10.2 Å². The van der Waals surface area contributed by atoms with Crippen LogP contribution in [0.5, 0.6) is 0 Å². The molecule has 0 atom stereocenters. The number of nitrogens with one attached hydrogen (secondary N) is 1. The highest BCUT2D eigenvalue weighted by molar-refractivity contribution is 5.56. The van der Waals surface area contributed by atoms with Gasteiger partial charge < -0.3 is 10.2 Å². The fraction of sp³-hybridized carbons (Fsp3) is 0.647. The van der Waals surface area contributed by atoms with E-state index in [1.54, 1.807) is 0 Å². The van der Waals surface area contributed by atoms with Crippen LogP contribution in [0.4, 0.5) is 5.69 Å². The van der Waals surface area contributed by atoms with Crippen molar-refractivity contribution in [2.75, 3.05) is 25.0 Å². The Morgan fingerprint density at radius 3 is 2.89 bits per heavy atom. The predicted molar refractivity (Wildman–Crippen MR) is 81.7 cm³/mol.